The highest BCUT2D eigenvalue weighted by Gasteiger charge is 2.08. The maximum atomic E-state index is 5.49. The molecule has 144 valence electrons. The fourth-order valence-corrected chi connectivity index (χ4v) is 3.11. The van der Waals surface area contributed by atoms with Crippen LogP contribution in [0.25, 0.3) is 22.5 Å². The van der Waals surface area contributed by atoms with Gasteiger partial charge in [-0.25, -0.2) is 0 Å². The van der Waals surface area contributed by atoms with Gasteiger partial charge in [-0.3, -0.25) is 9.97 Å². The molecule has 0 aliphatic rings. The number of methoxy groups -OCH3 is 2. The van der Waals surface area contributed by atoms with Crippen LogP contribution in [-0.2, 0) is 0 Å². The molecule has 0 radical (unpaired) electrons. The molecule has 0 bridgehead atoms. The number of anilines is 2. The average Bonchev–Trinajstić information content (AvgIpc) is 2.79. The van der Waals surface area contributed by atoms with E-state index >= 15 is 0 Å². The summed E-state index contributed by atoms with van der Waals surface area (Å²) in [5.41, 5.74) is 5.50. The van der Waals surface area contributed by atoms with Crippen LogP contribution in [0, 0.1) is 0 Å². The van der Waals surface area contributed by atoms with E-state index in [0.29, 0.717) is 0 Å². The van der Waals surface area contributed by atoms with Gasteiger partial charge in [0, 0.05) is 47.0 Å². The highest BCUT2D eigenvalue weighted by molar-refractivity contribution is 5.75. The Labute approximate surface area is 170 Å². The van der Waals surface area contributed by atoms with Crippen molar-refractivity contribution in [1.82, 2.24) is 9.97 Å². The summed E-state index contributed by atoms with van der Waals surface area (Å²) in [6.45, 7) is 0. The molecule has 29 heavy (non-hydrogen) atoms. The molecule has 4 aromatic rings. The fraction of sp³-hybridized carbons (Fsp3) is 0.0833. The van der Waals surface area contributed by atoms with Crippen molar-refractivity contribution in [2.45, 2.75) is 0 Å². The van der Waals surface area contributed by atoms with E-state index in [9.17, 15) is 0 Å². The molecular formula is C24H21N3O2. The van der Waals surface area contributed by atoms with Crippen LogP contribution < -0.4 is 14.8 Å². The van der Waals surface area contributed by atoms with Gasteiger partial charge >= 0.3 is 0 Å². The number of nitrogens with one attached hydrogen (secondary N) is 1. The van der Waals surface area contributed by atoms with E-state index < -0.39 is 0 Å². The molecule has 0 unspecified atom stereocenters. The average molecular weight is 383 g/mol. The van der Waals surface area contributed by atoms with Crippen LogP contribution in [-0.4, -0.2) is 24.2 Å². The number of benzene rings is 2. The van der Waals surface area contributed by atoms with Gasteiger partial charge in [0.05, 0.1) is 25.6 Å². The highest BCUT2D eigenvalue weighted by Crippen LogP contribution is 2.32. The van der Waals surface area contributed by atoms with Crippen molar-refractivity contribution in [3.8, 4) is 34.0 Å². The summed E-state index contributed by atoms with van der Waals surface area (Å²) in [6.07, 6.45) is 3.56. The Balaban J connectivity index is 1.72. The summed E-state index contributed by atoms with van der Waals surface area (Å²) in [4.78, 5) is 8.88. The van der Waals surface area contributed by atoms with Crippen LogP contribution in [0.1, 0.15) is 0 Å². The SMILES string of the molecule is COc1cc(Nc2cc(OC)cc(-c3ccccn3)c2)cc(-c2ccccn2)c1. The molecule has 5 heteroatoms. The lowest BCUT2D eigenvalue weighted by Crippen LogP contribution is -1.95. The summed E-state index contributed by atoms with van der Waals surface area (Å²) in [5.74, 6) is 1.51. The van der Waals surface area contributed by atoms with Gasteiger partial charge in [0.15, 0.2) is 0 Å². The lowest BCUT2D eigenvalue weighted by atomic mass is 10.1. The normalized spacial score (nSPS) is 10.4. The zero-order valence-corrected chi connectivity index (χ0v) is 16.3. The second-order valence-electron chi connectivity index (χ2n) is 6.46. The van der Waals surface area contributed by atoms with Crippen molar-refractivity contribution in [1.29, 1.82) is 0 Å². The molecule has 0 aliphatic heterocycles. The van der Waals surface area contributed by atoms with Crippen molar-refractivity contribution in [2.75, 3.05) is 19.5 Å². The first-order valence-electron chi connectivity index (χ1n) is 9.23. The minimum Gasteiger partial charge on any atom is -0.497 e. The molecular weight excluding hydrogens is 362 g/mol. The second-order valence-corrected chi connectivity index (χ2v) is 6.46. The third kappa shape index (κ3) is 4.35. The summed E-state index contributed by atoms with van der Waals surface area (Å²) < 4.78 is 11.0. The zero-order valence-electron chi connectivity index (χ0n) is 16.3. The maximum absolute atomic E-state index is 5.49. The molecule has 0 saturated heterocycles. The van der Waals surface area contributed by atoms with E-state index in [0.717, 1.165) is 45.4 Å². The molecule has 0 spiro atoms. The van der Waals surface area contributed by atoms with Gasteiger partial charge in [-0.1, -0.05) is 12.1 Å². The Bertz CT molecular complexity index is 1010. The third-order valence-corrected chi connectivity index (χ3v) is 4.49. The van der Waals surface area contributed by atoms with Crippen LogP contribution in [0.5, 0.6) is 11.5 Å². The molecule has 0 aliphatic carbocycles. The van der Waals surface area contributed by atoms with Crippen molar-refractivity contribution < 1.29 is 9.47 Å². The maximum Gasteiger partial charge on any atom is 0.121 e. The molecule has 0 fully saturated rings. The number of hydrogen-bond acceptors (Lipinski definition) is 5. The summed E-state index contributed by atoms with van der Waals surface area (Å²) in [7, 11) is 3.32. The van der Waals surface area contributed by atoms with Gasteiger partial charge in [-0.15, -0.1) is 0 Å². The van der Waals surface area contributed by atoms with Gasteiger partial charge in [0.1, 0.15) is 11.5 Å². The first-order valence-corrected chi connectivity index (χ1v) is 9.23. The lowest BCUT2D eigenvalue weighted by molar-refractivity contribution is 0.415. The van der Waals surface area contributed by atoms with Crippen molar-refractivity contribution in [3.63, 3.8) is 0 Å². The topological polar surface area (TPSA) is 56.3 Å². The number of rotatable bonds is 6. The van der Waals surface area contributed by atoms with Crippen LogP contribution in [0.2, 0.25) is 0 Å². The molecule has 0 atom stereocenters. The first-order chi connectivity index (χ1) is 14.2. The molecule has 0 saturated carbocycles. The minimum absolute atomic E-state index is 0.753. The van der Waals surface area contributed by atoms with E-state index in [-0.39, 0.29) is 0 Å². The minimum atomic E-state index is 0.753. The van der Waals surface area contributed by atoms with Crippen molar-refractivity contribution >= 4 is 11.4 Å². The number of aromatic nitrogens is 2. The van der Waals surface area contributed by atoms with E-state index in [1.165, 1.54) is 0 Å². The second kappa shape index (κ2) is 8.44. The zero-order chi connectivity index (χ0) is 20.1. The van der Waals surface area contributed by atoms with Crippen LogP contribution >= 0.6 is 0 Å². The molecule has 2 aromatic carbocycles. The Morgan fingerprint density at radius 2 is 1.10 bits per heavy atom. The number of ether oxygens (including phenoxy) is 2. The number of hydrogen-bond donors (Lipinski definition) is 1. The molecule has 4 rings (SSSR count). The smallest absolute Gasteiger partial charge is 0.121 e. The van der Waals surface area contributed by atoms with Crippen molar-refractivity contribution in [2.24, 2.45) is 0 Å². The Morgan fingerprint density at radius 3 is 1.48 bits per heavy atom. The number of pyridine rings is 2. The molecule has 2 heterocycles. The Hall–Kier alpha value is -3.86. The predicted molar refractivity (Wildman–Crippen MR) is 116 cm³/mol. The summed E-state index contributed by atoms with van der Waals surface area (Å²) >= 11 is 0. The van der Waals surface area contributed by atoms with E-state index in [2.05, 4.69) is 15.3 Å². The van der Waals surface area contributed by atoms with Gasteiger partial charge in [0.25, 0.3) is 0 Å². The molecule has 0 amide bonds. The predicted octanol–water partition coefficient (Wildman–Crippen LogP) is 5.57. The third-order valence-electron chi connectivity index (χ3n) is 4.49. The first kappa shape index (κ1) is 18.5. The molecule has 1 N–H and O–H groups in total. The van der Waals surface area contributed by atoms with E-state index in [1.807, 2.05) is 72.8 Å². The van der Waals surface area contributed by atoms with Crippen LogP contribution in [0.4, 0.5) is 11.4 Å². The highest BCUT2D eigenvalue weighted by atomic mass is 16.5. The Morgan fingerprint density at radius 1 is 0.621 bits per heavy atom. The summed E-state index contributed by atoms with van der Waals surface area (Å²) in [6, 6.07) is 23.6. The quantitative estimate of drug-likeness (QED) is 0.472. The van der Waals surface area contributed by atoms with Crippen LogP contribution in [0.3, 0.4) is 0 Å². The monoisotopic (exact) mass is 383 g/mol. The molecule has 2 aromatic heterocycles. The lowest BCUT2D eigenvalue weighted by Gasteiger charge is -2.13. The van der Waals surface area contributed by atoms with Gasteiger partial charge in [-0.05, 0) is 48.5 Å². The fourth-order valence-electron chi connectivity index (χ4n) is 3.11. The van der Waals surface area contributed by atoms with E-state index in [1.54, 1.807) is 26.6 Å². The van der Waals surface area contributed by atoms with Crippen molar-refractivity contribution in [3.05, 3.63) is 85.2 Å². The van der Waals surface area contributed by atoms with Gasteiger partial charge < -0.3 is 14.8 Å². The standard InChI is InChI=1S/C24H21N3O2/c1-28-21-13-17(23-7-3-5-9-25-23)11-19(15-21)27-20-12-18(14-22(16-20)29-2)24-8-4-6-10-26-24/h3-16,27H,1-2H3. The van der Waals surface area contributed by atoms with Gasteiger partial charge in [0.2, 0.25) is 0 Å². The largest absolute Gasteiger partial charge is 0.497 e. The van der Waals surface area contributed by atoms with E-state index in [4.69, 9.17) is 9.47 Å². The van der Waals surface area contributed by atoms with Crippen LogP contribution in [0.15, 0.2) is 85.2 Å². The summed E-state index contributed by atoms with van der Waals surface area (Å²) in [5, 5.41) is 3.46. The molecule has 5 nitrogen and oxygen atoms in total. The van der Waals surface area contributed by atoms with Gasteiger partial charge in [-0.2, -0.15) is 0 Å². The Kier molecular flexibility index (Phi) is 5.38. The number of nitrogens with zero attached hydrogens (tertiary/aromatic N) is 2.